The molecule has 0 spiro atoms. The molecule has 1 N–H and O–H groups in total. The van der Waals surface area contributed by atoms with E-state index in [-0.39, 0.29) is 5.91 Å². The monoisotopic (exact) mass is 239 g/mol. The topological polar surface area (TPSA) is 38.3 Å². The van der Waals surface area contributed by atoms with Gasteiger partial charge in [-0.3, -0.25) is 4.79 Å². The lowest BCUT2D eigenvalue weighted by Crippen LogP contribution is -2.12. The van der Waals surface area contributed by atoms with E-state index in [1.165, 1.54) is 5.56 Å². The van der Waals surface area contributed by atoms with Gasteiger partial charge in [-0.2, -0.15) is 12.6 Å². The number of amides is 1. The maximum atomic E-state index is 11.5. The minimum absolute atomic E-state index is 0.0402. The zero-order chi connectivity index (χ0) is 12.0. The molecule has 0 aliphatic heterocycles. The maximum absolute atomic E-state index is 11.5. The van der Waals surface area contributed by atoms with Gasteiger partial charge in [0.15, 0.2) is 0 Å². The average Bonchev–Trinajstić information content (AvgIpc) is 2.29. The highest BCUT2D eigenvalue weighted by atomic mass is 32.1. The third kappa shape index (κ3) is 3.45. The molecule has 0 aliphatic rings. The molecule has 0 unspecified atom stereocenters. The van der Waals surface area contributed by atoms with Crippen molar-refractivity contribution >= 4 is 24.2 Å². The second-order valence-electron chi connectivity index (χ2n) is 3.41. The van der Waals surface area contributed by atoms with Crippen LogP contribution in [-0.4, -0.2) is 18.8 Å². The van der Waals surface area contributed by atoms with Crippen molar-refractivity contribution in [3.63, 3.8) is 0 Å². The van der Waals surface area contributed by atoms with E-state index in [2.05, 4.69) is 24.9 Å². The van der Waals surface area contributed by atoms with Crippen molar-refractivity contribution in [3.8, 4) is 5.75 Å². The van der Waals surface area contributed by atoms with Gasteiger partial charge in [-0.1, -0.05) is 13.0 Å². The molecule has 0 aromatic heterocycles. The number of carbonyl (C=O) groups is 1. The molecule has 0 aliphatic carbocycles. The van der Waals surface area contributed by atoms with E-state index < -0.39 is 0 Å². The van der Waals surface area contributed by atoms with Gasteiger partial charge in [0.2, 0.25) is 5.91 Å². The van der Waals surface area contributed by atoms with Crippen LogP contribution < -0.4 is 10.1 Å². The van der Waals surface area contributed by atoms with Crippen molar-refractivity contribution < 1.29 is 9.53 Å². The van der Waals surface area contributed by atoms with Gasteiger partial charge < -0.3 is 10.1 Å². The van der Waals surface area contributed by atoms with Crippen LogP contribution in [0.3, 0.4) is 0 Å². The summed E-state index contributed by atoms with van der Waals surface area (Å²) in [5.74, 6) is 1.19. The molecule has 0 atom stereocenters. The molecular weight excluding hydrogens is 222 g/mol. The summed E-state index contributed by atoms with van der Waals surface area (Å²) in [5, 5.41) is 2.82. The Hall–Kier alpha value is -1.16. The zero-order valence-electron chi connectivity index (χ0n) is 9.62. The zero-order valence-corrected chi connectivity index (χ0v) is 10.5. The van der Waals surface area contributed by atoms with Crippen LogP contribution in [0.1, 0.15) is 18.9 Å². The fourth-order valence-electron chi connectivity index (χ4n) is 1.39. The Morgan fingerprint density at radius 1 is 1.50 bits per heavy atom. The third-order valence-electron chi connectivity index (χ3n) is 2.29. The van der Waals surface area contributed by atoms with Crippen molar-refractivity contribution in [1.82, 2.24) is 0 Å². The molecule has 88 valence electrons. The van der Waals surface area contributed by atoms with Crippen LogP contribution in [0.2, 0.25) is 0 Å². The van der Waals surface area contributed by atoms with Gasteiger partial charge in [0.05, 0.1) is 12.8 Å². The predicted octanol–water partition coefficient (Wildman–Crippen LogP) is 2.52. The van der Waals surface area contributed by atoms with E-state index in [1.54, 1.807) is 7.11 Å². The van der Waals surface area contributed by atoms with E-state index in [9.17, 15) is 4.79 Å². The summed E-state index contributed by atoms with van der Waals surface area (Å²) in [5.41, 5.74) is 1.90. The van der Waals surface area contributed by atoms with E-state index in [0.29, 0.717) is 17.9 Å². The van der Waals surface area contributed by atoms with E-state index in [4.69, 9.17) is 4.74 Å². The molecule has 0 saturated heterocycles. The van der Waals surface area contributed by atoms with Crippen molar-refractivity contribution in [1.29, 1.82) is 0 Å². The number of thiol groups is 1. The van der Waals surface area contributed by atoms with Gasteiger partial charge in [-0.05, 0) is 29.9 Å². The lowest BCUT2D eigenvalue weighted by atomic mass is 10.1. The second kappa shape index (κ2) is 6.43. The van der Waals surface area contributed by atoms with Gasteiger partial charge in [-0.15, -0.1) is 0 Å². The van der Waals surface area contributed by atoms with Crippen LogP contribution in [0.4, 0.5) is 5.69 Å². The number of nitrogens with one attached hydrogen (secondary N) is 1. The Balaban J connectivity index is 2.86. The van der Waals surface area contributed by atoms with Gasteiger partial charge in [0.1, 0.15) is 5.75 Å². The highest BCUT2D eigenvalue weighted by Crippen LogP contribution is 2.25. The predicted molar refractivity (Wildman–Crippen MR) is 69.5 cm³/mol. The van der Waals surface area contributed by atoms with Crippen molar-refractivity contribution in [2.75, 3.05) is 18.2 Å². The smallest absolute Gasteiger partial charge is 0.225 e. The molecule has 0 saturated carbocycles. The fraction of sp³-hybridized carbons (Fsp3) is 0.417. The number of rotatable bonds is 5. The summed E-state index contributed by atoms with van der Waals surface area (Å²) in [6.45, 7) is 2.07. The summed E-state index contributed by atoms with van der Waals surface area (Å²) in [4.78, 5) is 11.5. The SMILES string of the molecule is CCc1ccc(OC)c(NC(=O)CCS)c1. The first-order valence-electron chi connectivity index (χ1n) is 5.28. The van der Waals surface area contributed by atoms with Crippen LogP contribution in [0, 0.1) is 0 Å². The molecule has 3 nitrogen and oxygen atoms in total. The van der Waals surface area contributed by atoms with E-state index >= 15 is 0 Å². The minimum Gasteiger partial charge on any atom is -0.495 e. The molecular formula is C12H17NO2S. The van der Waals surface area contributed by atoms with Crippen LogP contribution in [0.25, 0.3) is 0 Å². The van der Waals surface area contributed by atoms with Crippen molar-refractivity contribution in [3.05, 3.63) is 23.8 Å². The quantitative estimate of drug-likeness (QED) is 0.775. The summed E-state index contributed by atoms with van der Waals surface area (Å²) < 4.78 is 5.19. The van der Waals surface area contributed by atoms with Crippen LogP contribution in [0.5, 0.6) is 5.75 Å². The molecule has 4 heteroatoms. The maximum Gasteiger partial charge on any atom is 0.225 e. The van der Waals surface area contributed by atoms with Crippen LogP contribution in [-0.2, 0) is 11.2 Å². The number of ether oxygens (including phenoxy) is 1. The number of carbonyl (C=O) groups excluding carboxylic acids is 1. The van der Waals surface area contributed by atoms with Crippen molar-refractivity contribution in [2.45, 2.75) is 19.8 Å². The van der Waals surface area contributed by atoms with Gasteiger partial charge in [-0.25, -0.2) is 0 Å². The van der Waals surface area contributed by atoms with Gasteiger partial charge in [0, 0.05) is 6.42 Å². The summed E-state index contributed by atoms with van der Waals surface area (Å²) in [6, 6.07) is 5.80. The normalized spacial score (nSPS) is 9.94. The summed E-state index contributed by atoms with van der Waals surface area (Å²) in [7, 11) is 1.59. The Labute approximate surface area is 102 Å². The number of hydrogen-bond acceptors (Lipinski definition) is 3. The molecule has 16 heavy (non-hydrogen) atoms. The molecule has 0 radical (unpaired) electrons. The molecule has 0 fully saturated rings. The second-order valence-corrected chi connectivity index (χ2v) is 3.86. The fourth-order valence-corrected chi connectivity index (χ4v) is 1.59. The Morgan fingerprint density at radius 2 is 2.25 bits per heavy atom. The first-order valence-corrected chi connectivity index (χ1v) is 5.92. The number of methoxy groups -OCH3 is 1. The molecule has 1 amide bonds. The Bertz CT molecular complexity index is 366. The first kappa shape index (κ1) is 12.9. The standard InChI is InChI=1S/C12H17NO2S/c1-3-9-4-5-11(15-2)10(8-9)13-12(14)6-7-16/h4-5,8,16H,3,6-7H2,1-2H3,(H,13,14). The van der Waals surface area contributed by atoms with Crippen molar-refractivity contribution in [2.24, 2.45) is 0 Å². The first-order chi connectivity index (χ1) is 7.71. The number of hydrogen-bond donors (Lipinski definition) is 2. The van der Waals surface area contributed by atoms with Crippen LogP contribution in [0.15, 0.2) is 18.2 Å². The molecule has 0 heterocycles. The highest BCUT2D eigenvalue weighted by molar-refractivity contribution is 7.80. The lowest BCUT2D eigenvalue weighted by Gasteiger charge is -2.11. The van der Waals surface area contributed by atoms with Crippen LogP contribution >= 0.6 is 12.6 Å². The minimum atomic E-state index is -0.0402. The molecule has 1 rings (SSSR count). The summed E-state index contributed by atoms with van der Waals surface area (Å²) >= 11 is 4.02. The third-order valence-corrected chi connectivity index (χ3v) is 2.51. The van der Waals surface area contributed by atoms with Gasteiger partial charge >= 0.3 is 0 Å². The highest BCUT2D eigenvalue weighted by Gasteiger charge is 2.07. The average molecular weight is 239 g/mol. The molecule has 1 aromatic carbocycles. The summed E-state index contributed by atoms with van der Waals surface area (Å²) in [6.07, 6.45) is 1.34. The largest absolute Gasteiger partial charge is 0.495 e. The van der Waals surface area contributed by atoms with E-state index in [0.717, 1.165) is 12.1 Å². The Morgan fingerprint density at radius 3 is 2.81 bits per heavy atom. The number of anilines is 1. The molecule has 0 bridgehead atoms. The number of aryl methyl sites for hydroxylation is 1. The lowest BCUT2D eigenvalue weighted by molar-refractivity contribution is -0.115. The Kier molecular flexibility index (Phi) is 5.19. The molecule has 1 aromatic rings. The number of benzene rings is 1. The van der Waals surface area contributed by atoms with E-state index in [1.807, 2.05) is 18.2 Å². The van der Waals surface area contributed by atoms with Gasteiger partial charge in [0.25, 0.3) is 0 Å².